The predicted octanol–water partition coefficient (Wildman–Crippen LogP) is 1.43. The lowest BCUT2D eigenvalue weighted by atomic mass is 9.93. The second-order valence-corrected chi connectivity index (χ2v) is 5.36. The Morgan fingerprint density at radius 1 is 1.33 bits per heavy atom. The molecule has 1 aliphatic carbocycles. The van der Waals surface area contributed by atoms with Crippen molar-refractivity contribution in [2.75, 3.05) is 6.79 Å². The number of aromatic amines is 1. The summed E-state index contributed by atoms with van der Waals surface area (Å²) in [5.74, 6) is 1.23. The summed E-state index contributed by atoms with van der Waals surface area (Å²) in [5.41, 5.74) is 2.97. The van der Waals surface area contributed by atoms with E-state index in [4.69, 9.17) is 9.47 Å². The zero-order valence-corrected chi connectivity index (χ0v) is 11.4. The van der Waals surface area contributed by atoms with Crippen LogP contribution in [0.5, 0.6) is 11.5 Å². The number of aryl methyl sites for hydroxylation is 1. The molecule has 6 heteroatoms. The van der Waals surface area contributed by atoms with Gasteiger partial charge in [-0.15, -0.1) is 0 Å². The number of fused-ring (bicyclic) bond motifs is 2. The van der Waals surface area contributed by atoms with E-state index >= 15 is 0 Å². The van der Waals surface area contributed by atoms with Crippen molar-refractivity contribution in [1.29, 1.82) is 0 Å². The number of H-pyrrole nitrogens is 1. The zero-order valence-electron chi connectivity index (χ0n) is 11.4. The fourth-order valence-electron chi connectivity index (χ4n) is 2.84. The minimum absolute atomic E-state index is 0.0822. The lowest BCUT2D eigenvalue weighted by Gasteiger charge is -2.22. The first-order valence-corrected chi connectivity index (χ1v) is 7.01. The molecule has 1 amide bonds. The van der Waals surface area contributed by atoms with E-state index in [0.717, 1.165) is 25.0 Å². The van der Waals surface area contributed by atoms with Crippen molar-refractivity contribution in [3.8, 4) is 11.5 Å². The van der Waals surface area contributed by atoms with E-state index in [2.05, 4.69) is 15.5 Å². The van der Waals surface area contributed by atoms with Gasteiger partial charge in [-0.05, 0) is 36.6 Å². The maximum absolute atomic E-state index is 12.3. The molecule has 6 nitrogen and oxygen atoms in total. The van der Waals surface area contributed by atoms with E-state index in [9.17, 15) is 4.79 Å². The monoisotopic (exact) mass is 285 g/mol. The summed E-state index contributed by atoms with van der Waals surface area (Å²) in [4.78, 5) is 12.3. The Balaban J connectivity index is 1.47. The average molecular weight is 285 g/mol. The molecule has 2 N–H and O–H groups in total. The van der Waals surface area contributed by atoms with Gasteiger partial charge in [0.2, 0.25) is 6.79 Å². The number of ether oxygens (including phenoxy) is 2. The molecular weight excluding hydrogens is 270 g/mol. The van der Waals surface area contributed by atoms with E-state index in [-0.39, 0.29) is 18.7 Å². The largest absolute Gasteiger partial charge is 0.454 e. The van der Waals surface area contributed by atoms with E-state index in [0.29, 0.717) is 17.1 Å². The third kappa shape index (κ3) is 2.22. The number of amides is 1. The standard InChI is InChI=1S/C15H15N3O3/c19-15(9-2-4-13-14(5-9)21-8-20-13)17-11-3-1-10-7-16-18-12(10)6-11/h2,4-5,7,11H,1,3,6,8H2,(H,16,18)(H,17,19). The summed E-state index contributed by atoms with van der Waals surface area (Å²) in [5, 5.41) is 10.1. The van der Waals surface area contributed by atoms with Crippen LogP contribution in [0.4, 0.5) is 0 Å². The molecule has 1 aromatic heterocycles. The third-order valence-corrected chi connectivity index (χ3v) is 3.99. The maximum Gasteiger partial charge on any atom is 0.251 e. The summed E-state index contributed by atoms with van der Waals surface area (Å²) < 4.78 is 10.5. The van der Waals surface area contributed by atoms with E-state index in [1.807, 2.05) is 6.20 Å². The van der Waals surface area contributed by atoms with Crippen LogP contribution in [0.25, 0.3) is 0 Å². The molecule has 4 rings (SSSR count). The zero-order chi connectivity index (χ0) is 14.2. The lowest BCUT2D eigenvalue weighted by Crippen LogP contribution is -2.38. The first-order valence-electron chi connectivity index (χ1n) is 7.01. The number of aromatic nitrogens is 2. The molecule has 2 aromatic rings. The maximum atomic E-state index is 12.3. The van der Waals surface area contributed by atoms with Crippen LogP contribution in [0.1, 0.15) is 28.0 Å². The molecule has 108 valence electrons. The summed E-state index contributed by atoms with van der Waals surface area (Å²) in [6, 6.07) is 5.39. The number of rotatable bonds is 2. The highest BCUT2D eigenvalue weighted by atomic mass is 16.7. The van der Waals surface area contributed by atoms with Gasteiger partial charge in [0.1, 0.15) is 0 Å². The Bertz CT molecular complexity index is 695. The van der Waals surface area contributed by atoms with E-state index in [1.54, 1.807) is 18.2 Å². The molecule has 0 fully saturated rings. The van der Waals surface area contributed by atoms with Crippen LogP contribution in [0.2, 0.25) is 0 Å². The average Bonchev–Trinajstić information content (AvgIpc) is 3.14. The number of hydrogen-bond acceptors (Lipinski definition) is 4. The number of nitrogens with one attached hydrogen (secondary N) is 2. The summed E-state index contributed by atoms with van der Waals surface area (Å²) in [6.45, 7) is 0.214. The van der Waals surface area contributed by atoms with Gasteiger partial charge in [0.25, 0.3) is 5.91 Å². The SMILES string of the molecule is O=C(NC1CCc2cn[nH]c2C1)c1ccc2c(c1)OCO2. The molecule has 0 radical (unpaired) electrons. The summed E-state index contributed by atoms with van der Waals surface area (Å²) in [7, 11) is 0. The molecule has 0 bridgehead atoms. The van der Waals surface area contributed by atoms with Gasteiger partial charge >= 0.3 is 0 Å². The number of nitrogens with zero attached hydrogens (tertiary/aromatic N) is 1. The highest BCUT2D eigenvalue weighted by molar-refractivity contribution is 5.95. The van der Waals surface area contributed by atoms with Crippen molar-refractivity contribution in [1.82, 2.24) is 15.5 Å². The fourth-order valence-corrected chi connectivity index (χ4v) is 2.84. The van der Waals surface area contributed by atoms with Crippen LogP contribution in [0.3, 0.4) is 0 Å². The van der Waals surface area contributed by atoms with Crippen molar-refractivity contribution in [3.05, 3.63) is 41.2 Å². The van der Waals surface area contributed by atoms with Crippen molar-refractivity contribution in [3.63, 3.8) is 0 Å². The Hall–Kier alpha value is -2.50. The minimum Gasteiger partial charge on any atom is -0.454 e. The van der Waals surface area contributed by atoms with Crippen LogP contribution < -0.4 is 14.8 Å². The summed E-state index contributed by atoms with van der Waals surface area (Å²) >= 11 is 0. The van der Waals surface area contributed by atoms with Gasteiger partial charge in [-0.1, -0.05) is 0 Å². The van der Waals surface area contributed by atoms with Crippen LogP contribution in [-0.2, 0) is 12.8 Å². The topological polar surface area (TPSA) is 76.2 Å². The Morgan fingerprint density at radius 3 is 3.19 bits per heavy atom. The normalized spacial score (nSPS) is 19.1. The number of hydrogen-bond donors (Lipinski definition) is 2. The molecule has 0 spiro atoms. The Labute approximate surface area is 121 Å². The van der Waals surface area contributed by atoms with Gasteiger partial charge in [0.05, 0.1) is 6.20 Å². The van der Waals surface area contributed by atoms with Crippen molar-refractivity contribution < 1.29 is 14.3 Å². The molecule has 0 saturated heterocycles. The number of carbonyl (C=O) groups is 1. The minimum atomic E-state index is -0.0822. The fraction of sp³-hybridized carbons (Fsp3) is 0.333. The van der Waals surface area contributed by atoms with E-state index in [1.165, 1.54) is 5.56 Å². The predicted molar refractivity (Wildman–Crippen MR) is 74.4 cm³/mol. The van der Waals surface area contributed by atoms with Gasteiger partial charge < -0.3 is 14.8 Å². The van der Waals surface area contributed by atoms with Crippen molar-refractivity contribution in [2.24, 2.45) is 0 Å². The Kier molecular flexibility index (Phi) is 2.80. The number of carbonyl (C=O) groups excluding carboxylic acids is 1. The molecular formula is C15H15N3O3. The molecule has 2 heterocycles. The number of benzene rings is 1. The second-order valence-electron chi connectivity index (χ2n) is 5.36. The van der Waals surface area contributed by atoms with Gasteiger partial charge in [-0.25, -0.2) is 0 Å². The third-order valence-electron chi connectivity index (χ3n) is 3.99. The molecule has 2 aliphatic rings. The van der Waals surface area contributed by atoms with Gasteiger partial charge in [-0.2, -0.15) is 5.10 Å². The van der Waals surface area contributed by atoms with Crippen LogP contribution in [0, 0.1) is 0 Å². The highest BCUT2D eigenvalue weighted by Crippen LogP contribution is 2.32. The second kappa shape index (κ2) is 4.80. The lowest BCUT2D eigenvalue weighted by molar-refractivity contribution is 0.0933. The van der Waals surface area contributed by atoms with Crippen LogP contribution in [-0.4, -0.2) is 28.9 Å². The highest BCUT2D eigenvalue weighted by Gasteiger charge is 2.23. The van der Waals surface area contributed by atoms with Gasteiger partial charge in [0, 0.05) is 23.7 Å². The first kappa shape index (κ1) is 12.3. The van der Waals surface area contributed by atoms with Crippen molar-refractivity contribution in [2.45, 2.75) is 25.3 Å². The molecule has 1 aliphatic heterocycles. The van der Waals surface area contributed by atoms with E-state index < -0.39 is 0 Å². The first-order chi connectivity index (χ1) is 10.3. The van der Waals surface area contributed by atoms with Gasteiger partial charge in [0.15, 0.2) is 11.5 Å². The molecule has 1 unspecified atom stereocenters. The quantitative estimate of drug-likeness (QED) is 0.875. The molecule has 1 atom stereocenters. The van der Waals surface area contributed by atoms with Crippen LogP contribution >= 0.6 is 0 Å². The Morgan fingerprint density at radius 2 is 2.24 bits per heavy atom. The van der Waals surface area contributed by atoms with Crippen LogP contribution in [0.15, 0.2) is 24.4 Å². The smallest absolute Gasteiger partial charge is 0.251 e. The van der Waals surface area contributed by atoms with Gasteiger partial charge in [-0.3, -0.25) is 9.89 Å². The molecule has 21 heavy (non-hydrogen) atoms. The molecule has 1 aromatic carbocycles. The molecule has 0 saturated carbocycles. The summed E-state index contributed by atoms with van der Waals surface area (Å²) in [6.07, 6.45) is 4.54. The van der Waals surface area contributed by atoms with Crippen molar-refractivity contribution >= 4 is 5.91 Å².